The van der Waals surface area contributed by atoms with Crippen LogP contribution in [-0.2, 0) is 0 Å². The second kappa shape index (κ2) is 10.6. The topological polar surface area (TPSA) is 129 Å². The van der Waals surface area contributed by atoms with Gasteiger partial charge in [0.1, 0.15) is 10.3 Å². The Bertz CT molecular complexity index is 1250. The first-order valence-electron chi connectivity index (χ1n) is 9.10. The molecule has 0 saturated carbocycles. The zero-order valence-corrected chi connectivity index (χ0v) is 22.2. The number of hydrogen-bond donors (Lipinski definition) is 3. The lowest BCUT2D eigenvalue weighted by Crippen LogP contribution is -2.45. The van der Waals surface area contributed by atoms with E-state index in [0.717, 1.165) is 5.01 Å². The number of hydrazine groups is 1. The van der Waals surface area contributed by atoms with Crippen molar-refractivity contribution in [3.63, 3.8) is 0 Å². The van der Waals surface area contributed by atoms with E-state index in [1.165, 1.54) is 23.0 Å². The second-order valence-electron chi connectivity index (χ2n) is 6.30. The van der Waals surface area contributed by atoms with E-state index in [1.807, 2.05) is 5.43 Å². The van der Waals surface area contributed by atoms with Crippen LogP contribution in [0.2, 0.25) is 5.02 Å². The first kappa shape index (κ1) is 25.1. The third kappa shape index (κ3) is 5.72. The molecule has 172 valence electrons. The van der Waals surface area contributed by atoms with Gasteiger partial charge in [-0.3, -0.25) is 9.59 Å². The molecule has 2 heterocycles. The van der Waals surface area contributed by atoms with Crippen molar-refractivity contribution < 1.29 is 19.5 Å². The lowest BCUT2D eigenvalue weighted by molar-refractivity contribution is 0.0661. The minimum atomic E-state index is -1.40. The predicted octanol–water partition coefficient (Wildman–Crippen LogP) is 5.11. The highest BCUT2D eigenvalue weighted by Gasteiger charge is 2.25. The van der Waals surface area contributed by atoms with Crippen LogP contribution in [0.25, 0.3) is 5.82 Å². The molecule has 0 saturated heterocycles. The summed E-state index contributed by atoms with van der Waals surface area (Å²) in [5, 5.41) is 17.1. The maximum Gasteiger partial charge on any atom is 0.423 e. The van der Waals surface area contributed by atoms with Crippen LogP contribution >= 0.6 is 59.4 Å². The van der Waals surface area contributed by atoms with E-state index >= 15 is 0 Å². The average Bonchev–Trinajstić information content (AvgIpc) is 3.14. The number of nitrogens with zero attached hydrogens (tertiary/aromatic N) is 4. The number of halogens is 4. The van der Waals surface area contributed by atoms with Crippen molar-refractivity contribution in [3.8, 4) is 5.82 Å². The van der Waals surface area contributed by atoms with Crippen LogP contribution in [0.4, 0.5) is 10.5 Å². The van der Waals surface area contributed by atoms with Gasteiger partial charge in [0, 0.05) is 27.8 Å². The van der Waals surface area contributed by atoms with E-state index in [4.69, 9.17) is 16.7 Å². The zero-order chi connectivity index (χ0) is 24.3. The molecule has 3 aromatic rings. The van der Waals surface area contributed by atoms with E-state index < -0.39 is 17.9 Å². The van der Waals surface area contributed by atoms with Crippen molar-refractivity contribution in [3.05, 3.63) is 66.4 Å². The maximum atomic E-state index is 13.2. The van der Waals surface area contributed by atoms with Crippen LogP contribution in [0.1, 0.15) is 27.8 Å². The Kier molecular flexibility index (Phi) is 8.10. The van der Waals surface area contributed by atoms with Gasteiger partial charge in [-0.15, -0.1) is 0 Å². The Balaban J connectivity index is 2.03. The molecule has 0 aliphatic rings. The van der Waals surface area contributed by atoms with Crippen molar-refractivity contribution in [1.82, 2.24) is 25.2 Å². The van der Waals surface area contributed by atoms with Gasteiger partial charge in [0.15, 0.2) is 5.82 Å². The number of carbonyl (C=O) groups is 3. The van der Waals surface area contributed by atoms with Crippen LogP contribution in [0.5, 0.6) is 0 Å². The summed E-state index contributed by atoms with van der Waals surface area (Å²) in [5.41, 5.74) is 2.30. The Labute approximate surface area is 217 Å². The Morgan fingerprint density at radius 1 is 1.21 bits per heavy atom. The molecular formula is C19H14Br3ClN6O4. The number of nitrogens with one attached hydrogen (secondary N) is 2. The number of aromatic nitrogens is 3. The largest absolute Gasteiger partial charge is 0.464 e. The molecule has 0 spiro atoms. The molecule has 0 atom stereocenters. The standard InChI is InChI=1S/C19H14Br3ClN6O4/c1-2-28(27-19(32)33)18(31)10-6-9(20)7-11(21)15(10)25-17(30)13-8-14(22)26-29(13)16-12(23)4-3-5-24-16/h3-8,27H,2H2,1H3,(H,25,30)(H,32,33). The van der Waals surface area contributed by atoms with Crippen LogP contribution < -0.4 is 10.7 Å². The summed E-state index contributed by atoms with van der Waals surface area (Å²) >= 11 is 16.1. The first-order valence-corrected chi connectivity index (χ1v) is 11.9. The van der Waals surface area contributed by atoms with Crippen molar-refractivity contribution in [2.45, 2.75) is 6.92 Å². The SMILES string of the molecule is CCN(NC(=O)O)C(=O)c1cc(Br)cc(Br)c1NC(=O)c1cc(Br)nn1-c1ncccc1Cl. The summed E-state index contributed by atoms with van der Waals surface area (Å²) in [7, 11) is 0. The Morgan fingerprint density at radius 2 is 1.94 bits per heavy atom. The number of carboxylic acid groups (broad SMARTS) is 1. The summed E-state index contributed by atoms with van der Waals surface area (Å²) in [6.07, 6.45) is 0.112. The number of pyridine rings is 1. The van der Waals surface area contributed by atoms with Crippen LogP contribution in [0, 0.1) is 0 Å². The van der Waals surface area contributed by atoms with Gasteiger partial charge in [-0.25, -0.2) is 24.9 Å². The van der Waals surface area contributed by atoms with Crippen molar-refractivity contribution in [2.24, 2.45) is 0 Å². The smallest absolute Gasteiger partial charge is 0.423 e. The van der Waals surface area contributed by atoms with Gasteiger partial charge in [-0.2, -0.15) is 5.10 Å². The third-order valence-electron chi connectivity index (χ3n) is 4.17. The van der Waals surface area contributed by atoms with Gasteiger partial charge in [0.25, 0.3) is 11.8 Å². The summed E-state index contributed by atoms with van der Waals surface area (Å²) < 4.78 is 2.56. The summed E-state index contributed by atoms with van der Waals surface area (Å²) in [4.78, 5) is 41.5. The minimum absolute atomic E-state index is 0.0428. The molecule has 0 fully saturated rings. The van der Waals surface area contributed by atoms with Gasteiger partial charge in [0.05, 0.1) is 16.3 Å². The molecule has 3 N–H and O–H groups in total. The molecule has 2 aromatic heterocycles. The van der Waals surface area contributed by atoms with Gasteiger partial charge in [-0.1, -0.05) is 27.5 Å². The molecule has 0 aliphatic heterocycles. The van der Waals surface area contributed by atoms with Gasteiger partial charge in [-0.05, 0) is 63.0 Å². The fourth-order valence-corrected chi connectivity index (χ4v) is 4.69. The molecule has 0 aliphatic carbocycles. The van der Waals surface area contributed by atoms with Crippen molar-refractivity contribution in [1.29, 1.82) is 0 Å². The van der Waals surface area contributed by atoms with E-state index in [-0.39, 0.29) is 34.3 Å². The van der Waals surface area contributed by atoms with Gasteiger partial charge in [0.2, 0.25) is 0 Å². The van der Waals surface area contributed by atoms with E-state index in [0.29, 0.717) is 13.5 Å². The molecule has 0 unspecified atom stereocenters. The van der Waals surface area contributed by atoms with Crippen LogP contribution in [-0.4, -0.2) is 49.3 Å². The third-order valence-corrected chi connectivity index (χ3v) is 5.93. The van der Waals surface area contributed by atoms with E-state index in [1.54, 1.807) is 25.1 Å². The minimum Gasteiger partial charge on any atom is -0.464 e. The molecule has 14 heteroatoms. The lowest BCUT2D eigenvalue weighted by Gasteiger charge is -2.22. The summed E-state index contributed by atoms with van der Waals surface area (Å²) in [5.74, 6) is -1.04. The predicted molar refractivity (Wildman–Crippen MR) is 132 cm³/mol. The fraction of sp³-hybridized carbons (Fsp3) is 0.105. The molecular weight excluding hydrogens is 651 g/mol. The molecule has 33 heavy (non-hydrogen) atoms. The Morgan fingerprint density at radius 3 is 2.58 bits per heavy atom. The number of anilines is 1. The van der Waals surface area contributed by atoms with Crippen LogP contribution in [0.3, 0.4) is 0 Å². The number of amides is 3. The first-order chi connectivity index (χ1) is 15.6. The summed E-state index contributed by atoms with van der Waals surface area (Å²) in [6.45, 7) is 1.66. The Hall–Kier alpha value is -2.48. The molecule has 0 bridgehead atoms. The van der Waals surface area contributed by atoms with E-state index in [2.05, 4.69) is 63.2 Å². The molecule has 10 nitrogen and oxygen atoms in total. The molecule has 3 rings (SSSR count). The molecule has 1 aromatic carbocycles. The van der Waals surface area contributed by atoms with Crippen molar-refractivity contribution >= 4 is 83.0 Å². The van der Waals surface area contributed by atoms with Gasteiger partial charge < -0.3 is 10.4 Å². The summed E-state index contributed by atoms with van der Waals surface area (Å²) in [6, 6.07) is 7.83. The maximum absolute atomic E-state index is 13.2. The quantitative estimate of drug-likeness (QED) is 0.325. The highest BCUT2D eigenvalue weighted by Crippen LogP contribution is 2.32. The second-order valence-corrected chi connectivity index (χ2v) is 9.29. The average molecular weight is 666 g/mol. The number of benzene rings is 1. The van der Waals surface area contributed by atoms with Crippen molar-refractivity contribution in [2.75, 3.05) is 11.9 Å². The monoisotopic (exact) mass is 662 g/mol. The van der Waals surface area contributed by atoms with E-state index in [9.17, 15) is 14.4 Å². The number of rotatable bonds is 5. The highest BCUT2D eigenvalue weighted by molar-refractivity contribution is 9.11. The number of hydrogen-bond acceptors (Lipinski definition) is 5. The molecule has 3 amide bonds. The zero-order valence-electron chi connectivity index (χ0n) is 16.6. The van der Waals surface area contributed by atoms with Crippen LogP contribution in [0.15, 0.2) is 50.1 Å². The lowest BCUT2D eigenvalue weighted by atomic mass is 10.1. The highest BCUT2D eigenvalue weighted by atomic mass is 79.9. The normalized spacial score (nSPS) is 10.6. The molecule has 0 radical (unpaired) electrons. The van der Waals surface area contributed by atoms with Gasteiger partial charge >= 0.3 is 6.09 Å². The number of carbonyl (C=O) groups excluding carboxylic acids is 2. The fourth-order valence-electron chi connectivity index (χ4n) is 2.79.